The molecule has 2 heterocycles. The number of hydrogen-bond donors (Lipinski definition) is 2. The Kier molecular flexibility index (Phi) is 5.39. The van der Waals surface area contributed by atoms with Crippen LogP contribution in [-0.4, -0.2) is 28.8 Å². The number of nitrogens with zero attached hydrogens (tertiary/aromatic N) is 3. The number of fused-ring (bicyclic) bond motifs is 1. The van der Waals surface area contributed by atoms with E-state index in [2.05, 4.69) is 16.3 Å². The number of nitriles is 1. The molecule has 0 radical (unpaired) electrons. The minimum absolute atomic E-state index is 0.0554. The van der Waals surface area contributed by atoms with E-state index in [9.17, 15) is 15.4 Å². The van der Waals surface area contributed by atoms with E-state index in [1.54, 1.807) is 31.4 Å². The van der Waals surface area contributed by atoms with Gasteiger partial charge in [-0.05, 0) is 30.7 Å². The smallest absolute Gasteiger partial charge is 0.269 e. The summed E-state index contributed by atoms with van der Waals surface area (Å²) in [5, 5.41) is 28.0. The molecule has 0 unspecified atom stereocenters. The zero-order valence-corrected chi connectivity index (χ0v) is 17.3. The van der Waals surface area contributed by atoms with E-state index in [0.717, 1.165) is 5.56 Å². The van der Waals surface area contributed by atoms with Gasteiger partial charge >= 0.3 is 0 Å². The molecule has 0 saturated carbocycles. The largest absolute Gasteiger partial charge is 0.493 e. The zero-order chi connectivity index (χ0) is 22.8. The van der Waals surface area contributed by atoms with Crippen LogP contribution in [0, 0.1) is 21.4 Å². The number of aromatic amines is 1. The Morgan fingerprint density at radius 3 is 2.66 bits per heavy atom. The van der Waals surface area contributed by atoms with Crippen LogP contribution in [0.4, 0.5) is 5.69 Å². The molecule has 10 heteroatoms. The summed E-state index contributed by atoms with van der Waals surface area (Å²) in [5.41, 5.74) is 8.69. The second kappa shape index (κ2) is 8.31. The number of methoxy groups -OCH3 is 1. The van der Waals surface area contributed by atoms with Crippen LogP contribution in [0.15, 0.2) is 53.9 Å². The van der Waals surface area contributed by atoms with Crippen molar-refractivity contribution in [3.63, 3.8) is 0 Å². The molecule has 0 bridgehead atoms. The molecule has 3 aromatic rings. The van der Waals surface area contributed by atoms with Gasteiger partial charge in [0, 0.05) is 17.7 Å². The van der Waals surface area contributed by atoms with Crippen molar-refractivity contribution >= 4 is 5.69 Å². The molecule has 32 heavy (non-hydrogen) atoms. The van der Waals surface area contributed by atoms with Crippen molar-refractivity contribution in [2.45, 2.75) is 12.8 Å². The van der Waals surface area contributed by atoms with E-state index >= 15 is 0 Å². The molecular weight excluding hydrogens is 414 g/mol. The standard InChI is InChI=1S/C22H19N5O5/c1-3-31-16-9-6-13(10-17(16)30-2)20-19-18(12-4-7-14(8-5-12)27(28)29)15(11-23)21(24)32-22(19)26-25-20/h4-10,18H,3,24H2,1-2H3,(H,25,26)/t18-/m0/s1. The minimum Gasteiger partial charge on any atom is -0.493 e. The summed E-state index contributed by atoms with van der Waals surface area (Å²) in [6.45, 7) is 2.37. The van der Waals surface area contributed by atoms with Gasteiger partial charge < -0.3 is 19.9 Å². The van der Waals surface area contributed by atoms with E-state index in [0.29, 0.717) is 34.9 Å². The van der Waals surface area contributed by atoms with Crippen molar-refractivity contribution in [1.29, 1.82) is 5.26 Å². The number of nitrogens with two attached hydrogens (primary N) is 1. The highest BCUT2D eigenvalue weighted by atomic mass is 16.6. The van der Waals surface area contributed by atoms with Crippen LogP contribution in [0.25, 0.3) is 11.3 Å². The summed E-state index contributed by atoms with van der Waals surface area (Å²) in [6, 6.07) is 13.5. The van der Waals surface area contributed by atoms with Crippen molar-refractivity contribution in [1.82, 2.24) is 10.2 Å². The van der Waals surface area contributed by atoms with Crippen LogP contribution in [0.2, 0.25) is 0 Å². The first-order valence-corrected chi connectivity index (χ1v) is 9.69. The fourth-order valence-corrected chi connectivity index (χ4v) is 3.68. The summed E-state index contributed by atoms with van der Waals surface area (Å²) >= 11 is 0. The number of nitro groups is 1. The Morgan fingerprint density at radius 2 is 2.03 bits per heavy atom. The van der Waals surface area contributed by atoms with Gasteiger partial charge in [-0.2, -0.15) is 5.26 Å². The molecule has 1 aliphatic heterocycles. The van der Waals surface area contributed by atoms with Crippen LogP contribution in [-0.2, 0) is 0 Å². The summed E-state index contributed by atoms with van der Waals surface area (Å²) in [6.07, 6.45) is 0. The van der Waals surface area contributed by atoms with E-state index in [1.165, 1.54) is 12.1 Å². The number of rotatable bonds is 6. The molecule has 162 valence electrons. The van der Waals surface area contributed by atoms with Crippen LogP contribution < -0.4 is 19.9 Å². The molecule has 1 aromatic heterocycles. The van der Waals surface area contributed by atoms with E-state index in [4.69, 9.17) is 19.9 Å². The lowest BCUT2D eigenvalue weighted by atomic mass is 9.83. The summed E-state index contributed by atoms with van der Waals surface area (Å²) in [4.78, 5) is 10.6. The number of H-pyrrole nitrogens is 1. The molecule has 4 rings (SSSR count). The lowest BCUT2D eigenvalue weighted by molar-refractivity contribution is -0.384. The van der Waals surface area contributed by atoms with Gasteiger partial charge in [-0.1, -0.05) is 12.1 Å². The van der Waals surface area contributed by atoms with Gasteiger partial charge in [0.15, 0.2) is 11.5 Å². The van der Waals surface area contributed by atoms with Crippen LogP contribution in [0.3, 0.4) is 0 Å². The first-order chi connectivity index (χ1) is 15.5. The van der Waals surface area contributed by atoms with E-state index in [1.807, 2.05) is 13.0 Å². The van der Waals surface area contributed by atoms with Gasteiger partial charge in [0.25, 0.3) is 5.69 Å². The van der Waals surface area contributed by atoms with Gasteiger partial charge in [-0.15, -0.1) is 5.10 Å². The maximum absolute atomic E-state index is 11.1. The molecule has 0 saturated heterocycles. The Morgan fingerprint density at radius 1 is 1.28 bits per heavy atom. The number of aromatic nitrogens is 2. The Bertz CT molecular complexity index is 1260. The highest BCUT2D eigenvalue weighted by molar-refractivity contribution is 5.73. The molecule has 0 fully saturated rings. The molecule has 10 nitrogen and oxygen atoms in total. The molecule has 1 aliphatic rings. The predicted molar refractivity (Wildman–Crippen MR) is 114 cm³/mol. The molecular formula is C22H19N5O5. The second-order valence-electron chi connectivity index (χ2n) is 6.89. The normalized spacial score (nSPS) is 14.8. The van der Waals surface area contributed by atoms with Crippen molar-refractivity contribution < 1.29 is 19.1 Å². The summed E-state index contributed by atoms with van der Waals surface area (Å²) in [7, 11) is 1.55. The maximum Gasteiger partial charge on any atom is 0.269 e. The molecule has 2 aromatic carbocycles. The van der Waals surface area contributed by atoms with Gasteiger partial charge in [0.2, 0.25) is 11.8 Å². The number of benzene rings is 2. The van der Waals surface area contributed by atoms with E-state index < -0.39 is 10.8 Å². The third-order valence-electron chi connectivity index (χ3n) is 5.13. The zero-order valence-electron chi connectivity index (χ0n) is 17.3. The number of ether oxygens (including phenoxy) is 3. The van der Waals surface area contributed by atoms with Crippen molar-refractivity contribution in [2.24, 2.45) is 5.73 Å². The lowest BCUT2D eigenvalue weighted by Gasteiger charge is -2.24. The average molecular weight is 433 g/mol. The fraction of sp³-hybridized carbons (Fsp3) is 0.182. The first kappa shape index (κ1) is 20.7. The van der Waals surface area contributed by atoms with Crippen LogP contribution >= 0.6 is 0 Å². The number of allylic oxidation sites excluding steroid dienone is 1. The Balaban J connectivity index is 1.87. The molecule has 0 aliphatic carbocycles. The van der Waals surface area contributed by atoms with Gasteiger partial charge in [-0.25, -0.2) is 0 Å². The fourth-order valence-electron chi connectivity index (χ4n) is 3.68. The van der Waals surface area contributed by atoms with Gasteiger partial charge in [0.1, 0.15) is 11.6 Å². The lowest BCUT2D eigenvalue weighted by Crippen LogP contribution is -2.21. The van der Waals surface area contributed by atoms with Crippen molar-refractivity contribution in [3.05, 3.63) is 75.2 Å². The molecule has 1 atom stereocenters. The van der Waals surface area contributed by atoms with Gasteiger partial charge in [-0.3, -0.25) is 15.2 Å². The number of nitrogens with one attached hydrogen (secondary N) is 1. The van der Waals surface area contributed by atoms with Crippen molar-refractivity contribution in [3.8, 4) is 34.7 Å². The molecule has 0 amide bonds. The minimum atomic E-state index is -0.629. The van der Waals surface area contributed by atoms with Crippen LogP contribution in [0.5, 0.6) is 17.4 Å². The number of hydrogen-bond acceptors (Lipinski definition) is 8. The monoisotopic (exact) mass is 433 g/mol. The maximum atomic E-state index is 11.1. The van der Waals surface area contributed by atoms with Crippen molar-refractivity contribution in [2.75, 3.05) is 13.7 Å². The third-order valence-corrected chi connectivity index (χ3v) is 5.13. The topological polar surface area (TPSA) is 149 Å². The Hall–Kier alpha value is -4.52. The molecule has 0 spiro atoms. The second-order valence-corrected chi connectivity index (χ2v) is 6.89. The predicted octanol–water partition coefficient (Wildman–Crippen LogP) is 3.61. The van der Waals surface area contributed by atoms with E-state index in [-0.39, 0.29) is 23.0 Å². The quantitative estimate of drug-likeness (QED) is 0.442. The number of non-ortho nitro benzene ring substituents is 1. The average Bonchev–Trinajstić information content (AvgIpc) is 3.22. The highest BCUT2D eigenvalue weighted by Gasteiger charge is 2.36. The molecule has 3 N–H and O–H groups in total. The third kappa shape index (κ3) is 3.45. The summed E-state index contributed by atoms with van der Waals surface area (Å²) < 4.78 is 16.6. The number of nitro benzene ring substituents is 1. The van der Waals surface area contributed by atoms with Crippen LogP contribution in [0.1, 0.15) is 24.0 Å². The Labute approximate surface area is 183 Å². The van der Waals surface area contributed by atoms with Gasteiger partial charge in [0.05, 0.1) is 35.8 Å². The first-order valence-electron chi connectivity index (χ1n) is 9.69. The SMILES string of the molecule is CCOc1ccc(-c2[nH]nc3c2[C@@H](c2ccc([N+](=O)[O-])cc2)C(C#N)=C(N)O3)cc1OC. The summed E-state index contributed by atoms with van der Waals surface area (Å²) in [5.74, 6) is 0.665. The highest BCUT2D eigenvalue weighted by Crippen LogP contribution is 2.46.